The molecule has 1 aromatic heterocycles. The summed E-state index contributed by atoms with van der Waals surface area (Å²) in [6.45, 7) is 7.05. The number of hydrogen-bond donors (Lipinski definition) is 1. The van der Waals surface area contributed by atoms with Gasteiger partial charge in [0.2, 0.25) is 5.91 Å². The standard InChI is InChI=1S/C15H21N3O/c1-4-7-16-15(19)9-12-5-6-14-13(8-12)17-10-18(14)11(2)3/h5-6,8,10-11H,4,7,9H2,1-3H3,(H,16,19). The van der Waals surface area contributed by atoms with Crippen molar-refractivity contribution in [3.8, 4) is 0 Å². The van der Waals surface area contributed by atoms with Gasteiger partial charge in [0.1, 0.15) is 0 Å². The molecule has 1 aromatic carbocycles. The first-order valence-corrected chi connectivity index (χ1v) is 6.84. The molecule has 0 aliphatic heterocycles. The number of carbonyl (C=O) groups excluding carboxylic acids is 1. The lowest BCUT2D eigenvalue weighted by molar-refractivity contribution is -0.120. The van der Waals surface area contributed by atoms with Gasteiger partial charge >= 0.3 is 0 Å². The van der Waals surface area contributed by atoms with Crippen LogP contribution in [0, 0.1) is 0 Å². The van der Waals surface area contributed by atoms with Gasteiger partial charge in [-0.15, -0.1) is 0 Å². The number of aromatic nitrogens is 2. The lowest BCUT2D eigenvalue weighted by atomic mass is 10.1. The fourth-order valence-electron chi connectivity index (χ4n) is 2.11. The van der Waals surface area contributed by atoms with E-state index in [0.29, 0.717) is 12.5 Å². The van der Waals surface area contributed by atoms with Crippen molar-refractivity contribution in [2.45, 2.75) is 39.7 Å². The fourth-order valence-corrected chi connectivity index (χ4v) is 2.11. The number of rotatable bonds is 5. The summed E-state index contributed by atoms with van der Waals surface area (Å²) in [5.74, 6) is 0.0736. The van der Waals surface area contributed by atoms with E-state index >= 15 is 0 Å². The maximum Gasteiger partial charge on any atom is 0.224 e. The third-order valence-corrected chi connectivity index (χ3v) is 3.13. The smallest absolute Gasteiger partial charge is 0.224 e. The highest BCUT2D eigenvalue weighted by molar-refractivity contribution is 5.81. The van der Waals surface area contributed by atoms with Gasteiger partial charge < -0.3 is 9.88 Å². The molecule has 2 rings (SSSR count). The van der Waals surface area contributed by atoms with Crippen molar-refractivity contribution >= 4 is 16.9 Å². The molecule has 0 saturated heterocycles. The van der Waals surface area contributed by atoms with Gasteiger partial charge in [-0.25, -0.2) is 4.98 Å². The first-order valence-electron chi connectivity index (χ1n) is 6.84. The fraction of sp³-hybridized carbons (Fsp3) is 0.467. The second kappa shape index (κ2) is 5.87. The number of carbonyl (C=O) groups is 1. The normalized spacial score (nSPS) is 11.2. The lowest BCUT2D eigenvalue weighted by Gasteiger charge is -2.08. The SMILES string of the molecule is CCCNC(=O)Cc1ccc2c(c1)ncn2C(C)C. The third-order valence-electron chi connectivity index (χ3n) is 3.13. The zero-order chi connectivity index (χ0) is 13.8. The summed E-state index contributed by atoms with van der Waals surface area (Å²) in [7, 11) is 0. The summed E-state index contributed by atoms with van der Waals surface area (Å²) in [4.78, 5) is 16.1. The minimum Gasteiger partial charge on any atom is -0.356 e. The number of fused-ring (bicyclic) bond motifs is 1. The molecule has 0 bridgehead atoms. The Morgan fingerprint density at radius 1 is 1.42 bits per heavy atom. The molecule has 0 radical (unpaired) electrons. The molecule has 4 heteroatoms. The average molecular weight is 259 g/mol. The van der Waals surface area contributed by atoms with Gasteiger partial charge in [-0.1, -0.05) is 13.0 Å². The highest BCUT2D eigenvalue weighted by atomic mass is 16.1. The Morgan fingerprint density at radius 3 is 2.89 bits per heavy atom. The van der Waals surface area contributed by atoms with Gasteiger partial charge in [-0.2, -0.15) is 0 Å². The van der Waals surface area contributed by atoms with Crippen molar-refractivity contribution in [1.29, 1.82) is 0 Å². The zero-order valence-electron chi connectivity index (χ0n) is 11.8. The lowest BCUT2D eigenvalue weighted by Crippen LogP contribution is -2.25. The molecular weight excluding hydrogens is 238 g/mol. The van der Waals surface area contributed by atoms with E-state index in [9.17, 15) is 4.79 Å². The number of hydrogen-bond acceptors (Lipinski definition) is 2. The highest BCUT2D eigenvalue weighted by Gasteiger charge is 2.08. The molecule has 1 N–H and O–H groups in total. The predicted molar refractivity (Wildman–Crippen MR) is 77.1 cm³/mol. The average Bonchev–Trinajstić information content (AvgIpc) is 2.79. The highest BCUT2D eigenvalue weighted by Crippen LogP contribution is 2.18. The first-order chi connectivity index (χ1) is 9.11. The zero-order valence-corrected chi connectivity index (χ0v) is 11.8. The van der Waals surface area contributed by atoms with E-state index in [1.165, 1.54) is 0 Å². The van der Waals surface area contributed by atoms with Crippen molar-refractivity contribution in [1.82, 2.24) is 14.9 Å². The second-order valence-electron chi connectivity index (χ2n) is 5.10. The summed E-state index contributed by atoms with van der Waals surface area (Å²) < 4.78 is 2.14. The summed E-state index contributed by atoms with van der Waals surface area (Å²) in [6, 6.07) is 6.45. The van der Waals surface area contributed by atoms with Gasteiger partial charge in [0.25, 0.3) is 0 Å². The van der Waals surface area contributed by atoms with E-state index in [4.69, 9.17) is 0 Å². The Labute approximate surface area is 113 Å². The predicted octanol–water partition coefficient (Wildman–Crippen LogP) is 2.69. The van der Waals surface area contributed by atoms with E-state index in [1.54, 1.807) is 0 Å². The van der Waals surface area contributed by atoms with Crippen LogP contribution >= 0.6 is 0 Å². The molecule has 0 saturated carbocycles. The molecule has 1 heterocycles. The minimum atomic E-state index is 0.0736. The summed E-state index contributed by atoms with van der Waals surface area (Å²) in [5.41, 5.74) is 3.08. The number of benzene rings is 1. The maximum absolute atomic E-state index is 11.7. The number of nitrogens with one attached hydrogen (secondary N) is 1. The molecule has 102 valence electrons. The molecule has 4 nitrogen and oxygen atoms in total. The largest absolute Gasteiger partial charge is 0.356 e. The first kappa shape index (κ1) is 13.6. The summed E-state index contributed by atoms with van der Waals surface area (Å²) in [5, 5.41) is 2.89. The van der Waals surface area contributed by atoms with E-state index < -0.39 is 0 Å². The van der Waals surface area contributed by atoms with Crippen molar-refractivity contribution in [2.75, 3.05) is 6.54 Å². The van der Waals surface area contributed by atoms with Crippen molar-refractivity contribution in [3.05, 3.63) is 30.1 Å². The molecule has 0 aliphatic rings. The van der Waals surface area contributed by atoms with Crippen LogP contribution in [0.3, 0.4) is 0 Å². The molecule has 0 aliphatic carbocycles. The Bertz CT molecular complexity index is 572. The van der Waals surface area contributed by atoms with Gasteiger partial charge in [-0.05, 0) is 38.0 Å². The van der Waals surface area contributed by atoms with Crippen LogP contribution in [0.2, 0.25) is 0 Å². The number of imidazole rings is 1. The van der Waals surface area contributed by atoms with E-state index in [0.717, 1.165) is 29.6 Å². The van der Waals surface area contributed by atoms with Crippen molar-refractivity contribution in [3.63, 3.8) is 0 Å². The maximum atomic E-state index is 11.7. The Morgan fingerprint density at radius 2 is 2.21 bits per heavy atom. The van der Waals surface area contributed by atoms with Crippen LogP contribution in [0.4, 0.5) is 0 Å². The van der Waals surface area contributed by atoms with Crippen LogP contribution < -0.4 is 5.32 Å². The van der Waals surface area contributed by atoms with Gasteiger partial charge in [-0.3, -0.25) is 4.79 Å². The van der Waals surface area contributed by atoms with E-state index in [1.807, 2.05) is 31.5 Å². The molecular formula is C15H21N3O. The monoisotopic (exact) mass is 259 g/mol. The molecule has 0 atom stereocenters. The Hall–Kier alpha value is -1.84. The topological polar surface area (TPSA) is 46.9 Å². The Kier molecular flexibility index (Phi) is 4.20. The van der Waals surface area contributed by atoms with Crippen LogP contribution in [0.25, 0.3) is 11.0 Å². The van der Waals surface area contributed by atoms with Crippen LogP contribution in [-0.4, -0.2) is 22.0 Å². The third kappa shape index (κ3) is 3.13. The molecule has 19 heavy (non-hydrogen) atoms. The van der Waals surface area contributed by atoms with Gasteiger partial charge in [0, 0.05) is 12.6 Å². The van der Waals surface area contributed by atoms with E-state index in [2.05, 4.69) is 28.7 Å². The van der Waals surface area contributed by atoms with E-state index in [-0.39, 0.29) is 5.91 Å². The van der Waals surface area contributed by atoms with Crippen molar-refractivity contribution in [2.24, 2.45) is 0 Å². The second-order valence-corrected chi connectivity index (χ2v) is 5.10. The van der Waals surface area contributed by atoms with Gasteiger partial charge in [0.15, 0.2) is 0 Å². The van der Waals surface area contributed by atoms with Crippen LogP contribution in [0.1, 0.15) is 38.8 Å². The molecule has 0 unspecified atom stereocenters. The summed E-state index contributed by atoms with van der Waals surface area (Å²) >= 11 is 0. The molecule has 2 aromatic rings. The van der Waals surface area contributed by atoms with Gasteiger partial charge in [0.05, 0.1) is 23.8 Å². The number of nitrogens with zero attached hydrogens (tertiary/aromatic N) is 2. The Balaban J connectivity index is 2.16. The minimum absolute atomic E-state index is 0.0736. The molecule has 0 fully saturated rings. The van der Waals surface area contributed by atoms with Crippen molar-refractivity contribution < 1.29 is 4.79 Å². The summed E-state index contributed by atoms with van der Waals surface area (Å²) in [6.07, 6.45) is 3.24. The molecule has 0 spiro atoms. The van der Waals surface area contributed by atoms with Crippen LogP contribution in [-0.2, 0) is 11.2 Å². The van der Waals surface area contributed by atoms with Crippen LogP contribution in [0.15, 0.2) is 24.5 Å². The van der Waals surface area contributed by atoms with Crippen LogP contribution in [0.5, 0.6) is 0 Å². The molecule has 1 amide bonds. The number of amides is 1. The quantitative estimate of drug-likeness (QED) is 0.897.